The fourth-order valence-electron chi connectivity index (χ4n) is 3.16. The number of amides is 1. The zero-order chi connectivity index (χ0) is 19.9. The Hall–Kier alpha value is -2.67. The normalized spacial score (nSPS) is 14.8. The van der Waals surface area contributed by atoms with Crippen molar-refractivity contribution in [1.29, 1.82) is 0 Å². The Labute approximate surface area is 167 Å². The van der Waals surface area contributed by atoms with Gasteiger partial charge in [-0.15, -0.1) is 0 Å². The predicted octanol–water partition coefficient (Wildman–Crippen LogP) is 2.84. The van der Waals surface area contributed by atoms with E-state index in [-0.39, 0.29) is 5.91 Å². The van der Waals surface area contributed by atoms with Crippen molar-refractivity contribution in [3.8, 4) is 0 Å². The van der Waals surface area contributed by atoms with Gasteiger partial charge in [-0.1, -0.05) is 13.3 Å². The minimum absolute atomic E-state index is 0.0935. The molecule has 1 N–H and O–H groups in total. The van der Waals surface area contributed by atoms with Crippen molar-refractivity contribution in [3.05, 3.63) is 42.4 Å². The van der Waals surface area contributed by atoms with Crippen molar-refractivity contribution < 1.29 is 4.79 Å². The molecule has 0 saturated carbocycles. The molecule has 0 unspecified atom stereocenters. The number of hydrogen-bond donors (Lipinski definition) is 1. The third-order valence-corrected chi connectivity index (χ3v) is 5.07. The fourth-order valence-corrected chi connectivity index (χ4v) is 3.16. The number of nitrogens with zero attached hydrogens (tertiary/aromatic N) is 5. The second-order valence-electron chi connectivity index (χ2n) is 7.33. The van der Waals surface area contributed by atoms with E-state index in [1.165, 1.54) is 11.9 Å². The molecule has 0 atom stereocenters. The average molecular weight is 383 g/mol. The number of anilines is 3. The molecule has 1 aliphatic rings. The molecule has 1 aliphatic heterocycles. The van der Waals surface area contributed by atoms with Gasteiger partial charge in [-0.05, 0) is 37.7 Å². The van der Waals surface area contributed by atoms with Gasteiger partial charge >= 0.3 is 0 Å². The number of benzene rings is 1. The van der Waals surface area contributed by atoms with Crippen LogP contribution in [-0.2, 0) is 0 Å². The van der Waals surface area contributed by atoms with Crippen molar-refractivity contribution in [3.63, 3.8) is 0 Å². The van der Waals surface area contributed by atoms with Crippen LogP contribution >= 0.6 is 0 Å². The lowest BCUT2D eigenvalue weighted by Gasteiger charge is -2.34. The molecule has 150 valence electrons. The average Bonchev–Trinajstić information content (AvgIpc) is 2.73. The van der Waals surface area contributed by atoms with Crippen molar-refractivity contribution >= 4 is 23.1 Å². The number of nitrogens with one attached hydrogen (secondary N) is 1. The summed E-state index contributed by atoms with van der Waals surface area (Å²) in [5, 5.41) is 3.25. The maximum absolute atomic E-state index is 12.3. The second kappa shape index (κ2) is 9.50. The van der Waals surface area contributed by atoms with Crippen LogP contribution in [0.4, 0.5) is 17.2 Å². The minimum atomic E-state index is -0.0935. The van der Waals surface area contributed by atoms with E-state index < -0.39 is 0 Å². The highest BCUT2D eigenvalue weighted by molar-refractivity contribution is 5.91. The topological polar surface area (TPSA) is 64.6 Å². The Morgan fingerprint density at radius 3 is 2.43 bits per heavy atom. The number of aromatic nitrogens is 2. The lowest BCUT2D eigenvalue weighted by molar-refractivity contribution is 0.0787. The third kappa shape index (κ3) is 5.19. The van der Waals surface area contributed by atoms with Crippen LogP contribution in [0.25, 0.3) is 0 Å². The highest BCUT2D eigenvalue weighted by atomic mass is 16.2. The van der Waals surface area contributed by atoms with Crippen molar-refractivity contribution in [2.45, 2.75) is 19.8 Å². The van der Waals surface area contributed by atoms with Gasteiger partial charge in [0.15, 0.2) is 0 Å². The number of rotatable bonds is 7. The smallest absolute Gasteiger partial charge is 0.273 e. The largest absolute Gasteiger partial charge is 0.369 e. The molecule has 0 radical (unpaired) electrons. The van der Waals surface area contributed by atoms with E-state index in [0.717, 1.165) is 51.3 Å². The number of carbonyl (C=O) groups excluding carboxylic acids is 1. The summed E-state index contributed by atoms with van der Waals surface area (Å²) >= 11 is 0. The van der Waals surface area contributed by atoms with Gasteiger partial charge in [-0.2, -0.15) is 0 Å². The zero-order valence-corrected chi connectivity index (χ0v) is 17.1. The molecule has 1 saturated heterocycles. The van der Waals surface area contributed by atoms with Crippen LogP contribution in [0, 0.1) is 0 Å². The van der Waals surface area contributed by atoms with E-state index in [2.05, 4.69) is 51.2 Å². The fraction of sp³-hybridized carbons (Fsp3) is 0.476. The number of hydrogen-bond acceptors (Lipinski definition) is 6. The van der Waals surface area contributed by atoms with Crippen molar-refractivity contribution in [2.75, 3.05) is 57.0 Å². The van der Waals surface area contributed by atoms with Crippen LogP contribution in [-0.4, -0.2) is 72.5 Å². The summed E-state index contributed by atoms with van der Waals surface area (Å²) in [5.74, 6) is 0.532. The summed E-state index contributed by atoms with van der Waals surface area (Å²) in [4.78, 5) is 27.4. The molecule has 0 aliphatic carbocycles. The molecule has 0 bridgehead atoms. The van der Waals surface area contributed by atoms with Gasteiger partial charge in [-0.3, -0.25) is 4.79 Å². The van der Waals surface area contributed by atoms with Crippen LogP contribution < -0.4 is 10.2 Å². The van der Waals surface area contributed by atoms with Crippen LogP contribution in [0.2, 0.25) is 0 Å². The Bertz CT molecular complexity index is 753. The molecular weight excluding hydrogens is 352 g/mol. The monoisotopic (exact) mass is 382 g/mol. The molecule has 0 spiro atoms. The number of unbranched alkanes of at least 4 members (excludes halogenated alkanes) is 1. The molecule has 1 aromatic carbocycles. The van der Waals surface area contributed by atoms with Crippen LogP contribution in [0.5, 0.6) is 0 Å². The third-order valence-electron chi connectivity index (χ3n) is 5.07. The van der Waals surface area contributed by atoms with Gasteiger partial charge in [0.2, 0.25) is 0 Å². The second-order valence-corrected chi connectivity index (χ2v) is 7.33. The van der Waals surface area contributed by atoms with Crippen molar-refractivity contribution in [1.82, 2.24) is 19.8 Å². The standard InChI is InChI=1S/C21H30N6O/c1-4-5-10-26(3)21(28)19-15-23-20(16-22-19)24-17-6-8-18(9-7-17)27-13-11-25(2)12-14-27/h6-9,15-16H,4-5,10-14H2,1-3H3,(H,23,24). The number of carbonyl (C=O) groups is 1. The Morgan fingerprint density at radius 1 is 1.11 bits per heavy atom. The van der Waals surface area contributed by atoms with E-state index in [1.807, 2.05) is 12.1 Å². The van der Waals surface area contributed by atoms with E-state index in [9.17, 15) is 4.79 Å². The van der Waals surface area contributed by atoms with E-state index >= 15 is 0 Å². The predicted molar refractivity (Wildman–Crippen MR) is 113 cm³/mol. The van der Waals surface area contributed by atoms with Crippen LogP contribution in [0.15, 0.2) is 36.7 Å². The molecule has 28 heavy (non-hydrogen) atoms. The van der Waals surface area contributed by atoms with E-state index in [4.69, 9.17) is 0 Å². The van der Waals surface area contributed by atoms with Gasteiger partial charge < -0.3 is 20.0 Å². The molecule has 7 nitrogen and oxygen atoms in total. The molecular formula is C21H30N6O. The number of likely N-dealkylation sites (N-methyl/N-ethyl adjacent to an activating group) is 1. The van der Waals surface area contributed by atoms with Gasteiger partial charge in [-0.25, -0.2) is 9.97 Å². The zero-order valence-electron chi connectivity index (χ0n) is 17.1. The van der Waals surface area contributed by atoms with E-state index in [0.29, 0.717) is 11.5 Å². The van der Waals surface area contributed by atoms with Gasteiger partial charge in [0, 0.05) is 51.1 Å². The Balaban J connectivity index is 1.57. The molecule has 7 heteroatoms. The minimum Gasteiger partial charge on any atom is -0.369 e. The molecule has 3 rings (SSSR count). The Morgan fingerprint density at radius 2 is 1.82 bits per heavy atom. The van der Waals surface area contributed by atoms with Gasteiger partial charge in [0.05, 0.1) is 12.4 Å². The van der Waals surface area contributed by atoms with Gasteiger partial charge in [0.25, 0.3) is 5.91 Å². The lowest BCUT2D eigenvalue weighted by Crippen LogP contribution is -2.44. The van der Waals surface area contributed by atoms with Crippen LogP contribution in [0.3, 0.4) is 0 Å². The van der Waals surface area contributed by atoms with Crippen molar-refractivity contribution in [2.24, 2.45) is 0 Å². The maximum Gasteiger partial charge on any atom is 0.273 e. The van der Waals surface area contributed by atoms with E-state index in [1.54, 1.807) is 18.1 Å². The molecule has 1 fully saturated rings. The quantitative estimate of drug-likeness (QED) is 0.794. The molecule has 1 aromatic heterocycles. The first-order chi connectivity index (χ1) is 13.6. The summed E-state index contributed by atoms with van der Waals surface area (Å²) < 4.78 is 0. The van der Waals surface area contributed by atoms with Gasteiger partial charge in [0.1, 0.15) is 11.5 Å². The lowest BCUT2D eigenvalue weighted by atomic mass is 10.2. The first-order valence-electron chi connectivity index (χ1n) is 9.95. The summed E-state index contributed by atoms with van der Waals surface area (Å²) in [5.41, 5.74) is 2.56. The number of piperazine rings is 1. The molecule has 2 heterocycles. The summed E-state index contributed by atoms with van der Waals surface area (Å²) in [6.45, 7) is 7.13. The summed E-state index contributed by atoms with van der Waals surface area (Å²) in [6.07, 6.45) is 5.18. The highest BCUT2D eigenvalue weighted by Gasteiger charge is 2.15. The van der Waals surface area contributed by atoms with Crippen LogP contribution in [0.1, 0.15) is 30.3 Å². The highest BCUT2D eigenvalue weighted by Crippen LogP contribution is 2.21. The first kappa shape index (κ1) is 20.1. The maximum atomic E-state index is 12.3. The Kier molecular flexibility index (Phi) is 6.81. The molecule has 1 amide bonds. The molecule has 2 aromatic rings. The summed E-state index contributed by atoms with van der Waals surface area (Å²) in [6, 6.07) is 8.35. The first-order valence-corrected chi connectivity index (χ1v) is 9.95. The SMILES string of the molecule is CCCCN(C)C(=O)c1cnc(Nc2ccc(N3CCN(C)CC3)cc2)cn1. The summed E-state index contributed by atoms with van der Waals surface area (Å²) in [7, 11) is 3.96.